The lowest BCUT2D eigenvalue weighted by atomic mass is 10.1. The first-order chi connectivity index (χ1) is 10.1. The molecule has 112 valence electrons. The molecule has 0 N–H and O–H groups in total. The summed E-state index contributed by atoms with van der Waals surface area (Å²) in [5, 5.41) is 0. The van der Waals surface area contributed by atoms with Gasteiger partial charge < -0.3 is 14.2 Å². The van der Waals surface area contributed by atoms with E-state index in [-0.39, 0.29) is 6.79 Å². The summed E-state index contributed by atoms with van der Waals surface area (Å²) in [4.78, 5) is 11.3. The van der Waals surface area contributed by atoms with Crippen LogP contribution in [0.3, 0.4) is 0 Å². The summed E-state index contributed by atoms with van der Waals surface area (Å²) in [6, 6.07) is 9.73. The van der Waals surface area contributed by atoms with E-state index in [1.807, 2.05) is 43.3 Å². The summed E-state index contributed by atoms with van der Waals surface area (Å²) >= 11 is 0. The third kappa shape index (κ3) is 5.69. The maximum atomic E-state index is 11.3. The van der Waals surface area contributed by atoms with Crippen molar-refractivity contribution in [3.05, 3.63) is 59.5 Å². The van der Waals surface area contributed by atoms with Gasteiger partial charge in [0.2, 0.25) is 0 Å². The summed E-state index contributed by atoms with van der Waals surface area (Å²) in [6.45, 7) is 6.81. The van der Waals surface area contributed by atoms with Crippen molar-refractivity contribution in [2.75, 3.05) is 13.9 Å². The molecule has 4 heteroatoms. The highest BCUT2D eigenvalue weighted by Gasteiger charge is 2.21. The van der Waals surface area contributed by atoms with Crippen molar-refractivity contribution in [1.29, 1.82) is 0 Å². The molecule has 0 heterocycles. The van der Waals surface area contributed by atoms with Crippen LogP contribution >= 0.6 is 0 Å². The number of esters is 1. The highest BCUT2D eigenvalue weighted by Crippen LogP contribution is 2.19. The zero-order valence-electron chi connectivity index (χ0n) is 12.6. The highest BCUT2D eigenvalue weighted by molar-refractivity contribution is 5.67. The molecule has 0 aliphatic rings. The van der Waals surface area contributed by atoms with E-state index in [1.165, 1.54) is 14.0 Å². The molecule has 4 nitrogen and oxygen atoms in total. The highest BCUT2D eigenvalue weighted by atomic mass is 16.7. The van der Waals surface area contributed by atoms with Crippen LogP contribution in [0.4, 0.5) is 0 Å². The van der Waals surface area contributed by atoms with E-state index < -0.39 is 12.1 Å². The van der Waals surface area contributed by atoms with Crippen LogP contribution in [0.25, 0.3) is 6.08 Å². The zero-order valence-corrected chi connectivity index (χ0v) is 12.6. The van der Waals surface area contributed by atoms with Crippen LogP contribution in [-0.4, -0.2) is 26.0 Å². The molecule has 0 fully saturated rings. The van der Waals surface area contributed by atoms with E-state index in [0.29, 0.717) is 5.76 Å². The molecule has 0 saturated heterocycles. The Hall–Kier alpha value is -2.29. The van der Waals surface area contributed by atoms with Crippen LogP contribution in [0.5, 0.6) is 0 Å². The fourth-order valence-corrected chi connectivity index (χ4v) is 1.75. The first kappa shape index (κ1) is 16.8. The average molecular weight is 288 g/mol. The predicted molar refractivity (Wildman–Crippen MR) is 81.3 cm³/mol. The van der Waals surface area contributed by atoms with Gasteiger partial charge in [0.25, 0.3) is 0 Å². The van der Waals surface area contributed by atoms with Crippen molar-refractivity contribution in [2.45, 2.75) is 20.0 Å². The quantitative estimate of drug-likeness (QED) is 0.334. The molecule has 1 aromatic rings. The standard InChI is InChI=1S/C17H20O4/c1-5-16(20-12-19-4)17(21-14(3)18)13(2)11-15-9-7-6-8-10-15/h6-11,17H,1,12H2,2-4H3/b13-11+. The van der Waals surface area contributed by atoms with E-state index in [0.717, 1.165) is 11.1 Å². The van der Waals surface area contributed by atoms with E-state index in [9.17, 15) is 4.79 Å². The normalized spacial score (nSPS) is 12.2. The number of carbonyl (C=O) groups excluding carboxylic acids is 1. The molecule has 0 amide bonds. The van der Waals surface area contributed by atoms with Gasteiger partial charge in [0, 0.05) is 14.0 Å². The summed E-state index contributed by atoms with van der Waals surface area (Å²) in [5.74, 6) is -0.0914. The van der Waals surface area contributed by atoms with Gasteiger partial charge in [-0.3, -0.25) is 4.79 Å². The Labute approximate surface area is 125 Å². The molecule has 0 radical (unpaired) electrons. The van der Waals surface area contributed by atoms with Crippen LogP contribution in [-0.2, 0) is 19.0 Å². The number of hydrogen-bond donors (Lipinski definition) is 0. The predicted octanol–water partition coefficient (Wildman–Crippen LogP) is 3.31. The Morgan fingerprint density at radius 2 is 2.00 bits per heavy atom. The monoisotopic (exact) mass is 288 g/mol. The Morgan fingerprint density at radius 1 is 1.33 bits per heavy atom. The topological polar surface area (TPSA) is 44.8 Å². The van der Waals surface area contributed by atoms with E-state index in [4.69, 9.17) is 14.2 Å². The van der Waals surface area contributed by atoms with Crippen LogP contribution in [0, 0.1) is 0 Å². The summed E-state index contributed by atoms with van der Waals surface area (Å²) in [5.41, 5.74) is 4.46. The lowest BCUT2D eigenvalue weighted by molar-refractivity contribution is -0.145. The van der Waals surface area contributed by atoms with Gasteiger partial charge in [-0.15, -0.1) is 0 Å². The molecule has 0 aliphatic heterocycles. The van der Waals surface area contributed by atoms with Crippen molar-refractivity contribution in [3.63, 3.8) is 0 Å². The van der Waals surface area contributed by atoms with Crippen LogP contribution < -0.4 is 0 Å². The molecular formula is C17H20O4. The second-order valence-electron chi connectivity index (χ2n) is 4.38. The molecule has 0 aliphatic carbocycles. The van der Waals surface area contributed by atoms with Gasteiger partial charge in [0.1, 0.15) is 0 Å². The molecule has 1 unspecified atom stereocenters. The molecule has 1 aromatic carbocycles. The van der Waals surface area contributed by atoms with E-state index in [1.54, 1.807) is 0 Å². The summed E-state index contributed by atoms with van der Waals surface area (Å²) in [6.07, 6.45) is 1.25. The fraction of sp³-hybridized carbons (Fsp3) is 0.294. The number of carbonyl (C=O) groups is 1. The minimum absolute atomic E-state index is 0.0359. The van der Waals surface area contributed by atoms with Gasteiger partial charge in [-0.2, -0.15) is 0 Å². The van der Waals surface area contributed by atoms with E-state index >= 15 is 0 Å². The van der Waals surface area contributed by atoms with Crippen molar-refractivity contribution >= 4 is 12.0 Å². The Bertz CT molecular complexity index is 539. The van der Waals surface area contributed by atoms with Gasteiger partial charge in [-0.1, -0.05) is 48.7 Å². The van der Waals surface area contributed by atoms with Crippen LogP contribution in [0.15, 0.2) is 54.0 Å². The third-order valence-electron chi connectivity index (χ3n) is 2.64. The van der Waals surface area contributed by atoms with Crippen molar-refractivity contribution < 1.29 is 19.0 Å². The average Bonchev–Trinajstić information content (AvgIpc) is 2.47. The number of benzene rings is 1. The van der Waals surface area contributed by atoms with Gasteiger partial charge >= 0.3 is 5.97 Å². The minimum Gasteiger partial charge on any atom is -0.459 e. The third-order valence-corrected chi connectivity index (χ3v) is 2.64. The lowest BCUT2D eigenvalue weighted by Gasteiger charge is -2.20. The lowest BCUT2D eigenvalue weighted by Crippen LogP contribution is -2.22. The number of methoxy groups -OCH3 is 1. The molecule has 0 saturated carbocycles. The number of hydrogen-bond acceptors (Lipinski definition) is 4. The Morgan fingerprint density at radius 3 is 2.52 bits per heavy atom. The first-order valence-corrected chi connectivity index (χ1v) is 6.50. The molecule has 1 atom stereocenters. The first-order valence-electron chi connectivity index (χ1n) is 6.50. The second kappa shape index (κ2) is 8.80. The molecular weight excluding hydrogens is 268 g/mol. The molecule has 0 spiro atoms. The SMILES string of the molecule is C=C=C(OCOC)C(OC(C)=O)/C(C)=C/c1ccccc1. The van der Waals surface area contributed by atoms with Gasteiger partial charge in [0.15, 0.2) is 18.7 Å². The maximum absolute atomic E-state index is 11.3. The van der Waals surface area contributed by atoms with Crippen molar-refractivity contribution in [3.8, 4) is 0 Å². The second-order valence-corrected chi connectivity index (χ2v) is 4.38. The molecule has 1 rings (SSSR count). The number of rotatable bonds is 7. The molecule has 21 heavy (non-hydrogen) atoms. The summed E-state index contributed by atoms with van der Waals surface area (Å²) in [7, 11) is 1.51. The summed E-state index contributed by atoms with van der Waals surface area (Å²) < 4.78 is 15.5. The van der Waals surface area contributed by atoms with Crippen LogP contribution in [0.1, 0.15) is 19.4 Å². The fourth-order valence-electron chi connectivity index (χ4n) is 1.75. The molecule has 0 bridgehead atoms. The van der Waals surface area contributed by atoms with E-state index in [2.05, 4.69) is 12.3 Å². The van der Waals surface area contributed by atoms with Crippen molar-refractivity contribution in [2.24, 2.45) is 0 Å². The maximum Gasteiger partial charge on any atom is 0.303 e. The molecule has 0 aromatic heterocycles. The van der Waals surface area contributed by atoms with Crippen molar-refractivity contribution in [1.82, 2.24) is 0 Å². The Kier molecular flexibility index (Phi) is 7.02. The smallest absolute Gasteiger partial charge is 0.303 e. The van der Waals surface area contributed by atoms with Gasteiger partial charge in [0.05, 0.1) is 0 Å². The minimum atomic E-state index is -0.671. The van der Waals surface area contributed by atoms with Gasteiger partial charge in [-0.05, 0) is 18.1 Å². The largest absolute Gasteiger partial charge is 0.459 e. The Balaban J connectivity index is 3.03. The van der Waals surface area contributed by atoms with Crippen LogP contribution in [0.2, 0.25) is 0 Å². The number of ether oxygens (including phenoxy) is 3. The van der Waals surface area contributed by atoms with Gasteiger partial charge in [-0.25, -0.2) is 0 Å². The zero-order chi connectivity index (χ0) is 15.7.